The van der Waals surface area contributed by atoms with Gasteiger partial charge in [0.15, 0.2) is 0 Å². The van der Waals surface area contributed by atoms with Crippen LogP contribution in [-0.2, 0) is 11.2 Å². The van der Waals surface area contributed by atoms with Crippen molar-refractivity contribution in [1.82, 2.24) is 25.1 Å². The number of rotatable bonds is 6. The van der Waals surface area contributed by atoms with E-state index in [1.165, 1.54) is 12.8 Å². The first kappa shape index (κ1) is 18.3. The third-order valence-electron chi connectivity index (χ3n) is 5.76. The molecule has 1 aromatic rings. The van der Waals surface area contributed by atoms with Crippen molar-refractivity contribution in [1.29, 1.82) is 0 Å². The van der Waals surface area contributed by atoms with Gasteiger partial charge < -0.3 is 10.2 Å². The molecule has 2 saturated heterocycles. The van der Waals surface area contributed by atoms with E-state index in [-0.39, 0.29) is 11.9 Å². The minimum absolute atomic E-state index is 0.0326. The van der Waals surface area contributed by atoms with Crippen LogP contribution >= 0.6 is 0 Å². The largest absolute Gasteiger partial charge is 0.354 e. The van der Waals surface area contributed by atoms with Gasteiger partial charge in [0, 0.05) is 38.1 Å². The molecule has 2 aliphatic heterocycles. The molecule has 0 saturated carbocycles. The lowest BCUT2D eigenvalue weighted by Crippen LogP contribution is -2.44. The molecule has 3 heterocycles. The van der Waals surface area contributed by atoms with Crippen LogP contribution in [0.3, 0.4) is 0 Å². The van der Waals surface area contributed by atoms with E-state index in [0.29, 0.717) is 12.0 Å². The molecule has 0 radical (unpaired) electrons. The Kier molecular flexibility index (Phi) is 6.02. The first-order chi connectivity index (χ1) is 12.1. The maximum atomic E-state index is 12.8. The number of likely N-dealkylation sites (tertiary alicyclic amines) is 2. The molecule has 6 heteroatoms. The summed E-state index contributed by atoms with van der Waals surface area (Å²) in [7, 11) is 2.20. The molecule has 1 spiro atoms. The Morgan fingerprint density at radius 1 is 1.36 bits per heavy atom. The highest BCUT2D eigenvalue weighted by atomic mass is 16.2. The van der Waals surface area contributed by atoms with Gasteiger partial charge in [-0.15, -0.1) is 0 Å². The third kappa shape index (κ3) is 4.55. The quantitative estimate of drug-likeness (QED) is 0.843. The van der Waals surface area contributed by atoms with Crippen molar-refractivity contribution in [2.45, 2.75) is 45.1 Å². The molecule has 6 nitrogen and oxygen atoms in total. The van der Waals surface area contributed by atoms with E-state index < -0.39 is 0 Å². The van der Waals surface area contributed by atoms with Crippen LogP contribution in [0.1, 0.15) is 38.3 Å². The zero-order chi connectivity index (χ0) is 17.7. The fourth-order valence-electron chi connectivity index (χ4n) is 4.27. The predicted molar refractivity (Wildman–Crippen MR) is 98.2 cm³/mol. The SMILES string of the molecule is CCCN1CC2(CCN(C)CC2)C[C@H]1C(=O)NCCc1cnccn1. The van der Waals surface area contributed by atoms with Crippen LogP contribution < -0.4 is 5.32 Å². The van der Waals surface area contributed by atoms with Crippen LogP contribution in [0.4, 0.5) is 0 Å². The van der Waals surface area contributed by atoms with Crippen LogP contribution in [0.15, 0.2) is 18.6 Å². The van der Waals surface area contributed by atoms with Crippen LogP contribution in [0.25, 0.3) is 0 Å². The number of amides is 1. The summed E-state index contributed by atoms with van der Waals surface area (Å²) in [4.78, 5) is 26.0. The van der Waals surface area contributed by atoms with Crippen LogP contribution in [0, 0.1) is 5.41 Å². The Morgan fingerprint density at radius 2 is 2.16 bits per heavy atom. The summed E-state index contributed by atoms with van der Waals surface area (Å²) in [5.41, 5.74) is 1.26. The van der Waals surface area contributed by atoms with Crippen molar-refractivity contribution in [2.75, 3.05) is 39.8 Å². The van der Waals surface area contributed by atoms with Gasteiger partial charge in [0.1, 0.15) is 0 Å². The van der Waals surface area contributed by atoms with Crippen molar-refractivity contribution in [3.05, 3.63) is 24.3 Å². The fraction of sp³-hybridized carbons (Fsp3) is 0.737. The van der Waals surface area contributed by atoms with Gasteiger partial charge in [-0.25, -0.2) is 0 Å². The average molecular weight is 345 g/mol. The number of hydrogen-bond acceptors (Lipinski definition) is 5. The van der Waals surface area contributed by atoms with Gasteiger partial charge in [0.25, 0.3) is 0 Å². The molecule has 3 rings (SSSR count). The van der Waals surface area contributed by atoms with E-state index in [2.05, 4.69) is 39.1 Å². The number of nitrogens with one attached hydrogen (secondary N) is 1. The van der Waals surface area contributed by atoms with Gasteiger partial charge in [0.2, 0.25) is 5.91 Å². The predicted octanol–water partition coefficient (Wildman–Crippen LogP) is 1.33. The molecular formula is C19H31N5O. The van der Waals surface area contributed by atoms with E-state index in [1.54, 1.807) is 18.6 Å². The Balaban J connectivity index is 1.55. The topological polar surface area (TPSA) is 61.4 Å². The normalized spacial score (nSPS) is 23.8. The molecule has 2 fully saturated rings. The number of hydrogen-bond donors (Lipinski definition) is 1. The number of piperidine rings is 1. The molecule has 1 N–H and O–H groups in total. The van der Waals surface area contributed by atoms with Crippen molar-refractivity contribution >= 4 is 5.91 Å². The zero-order valence-corrected chi connectivity index (χ0v) is 15.6. The van der Waals surface area contributed by atoms with E-state index in [9.17, 15) is 4.79 Å². The van der Waals surface area contributed by atoms with Gasteiger partial charge in [-0.3, -0.25) is 19.7 Å². The third-order valence-corrected chi connectivity index (χ3v) is 5.76. The molecule has 0 unspecified atom stereocenters. The Hall–Kier alpha value is -1.53. The highest BCUT2D eigenvalue weighted by Gasteiger charge is 2.47. The maximum Gasteiger partial charge on any atom is 0.237 e. The Bertz CT molecular complexity index is 556. The van der Waals surface area contributed by atoms with Crippen LogP contribution in [0.5, 0.6) is 0 Å². The lowest BCUT2D eigenvalue weighted by Gasteiger charge is -2.37. The minimum atomic E-state index is 0.0326. The molecule has 1 aromatic heterocycles. The molecule has 25 heavy (non-hydrogen) atoms. The molecule has 1 atom stereocenters. The Labute approximate surface area is 151 Å². The van der Waals surface area contributed by atoms with Crippen LogP contribution in [0.2, 0.25) is 0 Å². The number of carbonyl (C=O) groups excluding carboxylic acids is 1. The number of nitrogens with zero attached hydrogens (tertiary/aromatic N) is 4. The summed E-state index contributed by atoms with van der Waals surface area (Å²) in [6.07, 6.45) is 10.4. The van der Waals surface area contributed by atoms with E-state index in [0.717, 1.165) is 51.1 Å². The van der Waals surface area contributed by atoms with Gasteiger partial charge in [-0.1, -0.05) is 6.92 Å². The maximum absolute atomic E-state index is 12.8. The molecule has 138 valence electrons. The minimum Gasteiger partial charge on any atom is -0.354 e. The summed E-state index contributed by atoms with van der Waals surface area (Å²) in [5.74, 6) is 0.188. The summed E-state index contributed by atoms with van der Waals surface area (Å²) < 4.78 is 0. The van der Waals surface area contributed by atoms with E-state index in [4.69, 9.17) is 0 Å². The standard InChI is InChI=1S/C19H31N5O/c1-3-10-24-15-19(5-11-23(2)12-6-19)13-17(24)18(25)22-7-4-16-14-20-8-9-21-16/h8-9,14,17H,3-7,10-13,15H2,1-2H3,(H,22,25)/t17-/m0/s1. The van der Waals surface area contributed by atoms with Gasteiger partial charge in [-0.05, 0) is 57.8 Å². The smallest absolute Gasteiger partial charge is 0.237 e. The molecular weight excluding hydrogens is 314 g/mol. The number of carbonyl (C=O) groups is 1. The van der Waals surface area contributed by atoms with Gasteiger partial charge >= 0.3 is 0 Å². The van der Waals surface area contributed by atoms with Crippen molar-refractivity contribution in [3.8, 4) is 0 Å². The first-order valence-corrected chi connectivity index (χ1v) is 9.57. The monoisotopic (exact) mass is 345 g/mol. The van der Waals surface area contributed by atoms with Crippen LogP contribution in [-0.4, -0.2) is 71.5 Å². The zero-order valence-electron chi connectivity index (χ0n) is 15.6. The van der Waals surface area contributed by atoms with Gasteiger partial charge in [0.05, 0.1) is 11.7 Å². The highest BCUT2D eigenvalue weighted by Crippen LogP contribution is 2.43. The molecule has 2 aliphatic rings. The second-order valence-electron chi connectivity index (χ2n) is 7.73. The summed E-state index contributed by atoms with van der Waals surface area (Å²) >= 11 is 0. The lowest BCUT2D eigenvalue weighted by molar-refractivity contribution is -0.125. The highest BCUT2D eigenvalue weighted by molar-refractivity contribution is 5.82. The molecule has 0 bridgehead atoms. The first-order valence-electron chi connectivity index (χ1n) is 9.57. The second-order valence-corrected chi connectivity index (χ2v) is 7.73. The molecule has 1 amide bonds. The fourth-order valence-corrected chi connectivity index (χ4v) is 4.27. The average Bonchev–Trinajstić information content (AvgIpc) is 2.97. The van der Waals surface area contributed by atoms with Crippen molar-refractivity contribution in [3.63, 3.8) is 0 Å². The molecule has 0 aromatic carbocycles. The second kappa shape index (κ2) is 8.23. The Morgan fingerprint density at radius 3 is 2.84 bits per heavy atom. The van der Waals surface area contributed by atoms with E-state index >= 15 is 0 Å². The van der Waals surface area contributed by atoms with Crippen molar-refractivity contribution < 1.29 is 4.79 Å². The lowest BCUT2D eigenvalue weighted by atomic mass is 9.76. The summed E-state index contributed by atoms with van der Waals surface area (Å²) in [5, 5.41) is 3.13. The van der Waals surface area contributed by atoms with Gasteiger partial charge in [-0.2, -0.15) is 0 Å². The summed E-state index contributed by atoms with van der Waals surface area (Å²) in [6, 6.07) is 0.0326. The molecule has 0 aliphatic carbocycles. The van der Waals surface area contributed by atoms with E-state index in [1.807, 2.05) is 0 Å². The summed E-state index contributed by atoms with van der Waals surface area (Å²) in [6.45, 7) is 7.23. The number of aromatic nitrogens is 2. The van der Waals surface area contributed by atoms with Crippen molar-refractivity contribution in [2.24, 2.45) is 5.41 Å².